The van der Waals surface area contributed by atoms with Crippen molar-refractivity contribution >= 4 is 11.8 Å². The third-order valence-corrected chi connectivity index (χ3v) is 2.19. The van der Waals surface area contributed by atoms with Crippen molar-refractivity contribution in [1.82, 2.24) is 4.90 Å². The number of thioether (sulfide) groups is 1. The summed E-state index contributed by atoms with van der Waals surface area (Å²) in [6.45, 7) is 11.6. The quantitative estimate of drug-likeness (QED) is 0.547. The van der Waals surface area contributed by atoms with Gasteiger partial charge in [-0.1, -0.05) is 20.4 Å². The van der Waals surface area contributed by atoms with Crippen LogP contribution in [0.3, 0.4) is 0 Å². The van der Waals surface area contributed by atoms with Gasteiger partial charge in [0.1, 0.15) is 0 Å². The second kappa shape index (κ2) is 7.16. The molecule has 2 heteroatoms. The van der Waals surface area contributed by atoms with Gasteiger partial charge in [0.25, 0.3) is 0 Å². The summed E-state index contributed by atoms with van der Waals surface area (Å²) in [6.07, 6.45) is 0. The van der Waals surface area contributed by atoms with Crippen molar-refractivity contribution in [1.29, 1.82) is 0 Å². The minimum absolute atomic E-state index is 1.16. The second-order valence-electron chi connectivity index (χ2n) is 2.06. The highest BCUT2D eigenvalue weighted by molar-refractivity contribution is 8.02. The van der Waals surface area contributed by atoms with E-state index in [1.165, 1.54) is 12.3 Å². The van der Waals surface area contributed by atoms with E-state index < -0.39 is 0 Å². The van der Waals surface area contributed by atoms with E-state index in [0.717, 1.165) is 13.1 Å². The SMILES string of the molecule is C=CSCCN(CC)CC. The van der Waals surface area contributed by atoms with Crippen LogP contribution in [0.25, 0.3) is 0 Å². The van der Waals surface area contributed by atoms with E-state index in [4.69, 9.17) is 0 Å². The van der Waals surface area contributed by atoms with Gasteiger partial charge < -0.3 is 4.90 Å². The molecule has 0 fully saturated rings. The van der Waals surface area contributed by atoms with Gasteiger partial charge >= 0.3 is 0 Å². The summed E-state index contributed by atoms with van der Waals surface area (Å²) in [5.74, 6) is 1.17. The van der Waals surface area contributed by atoms with Gasteiger partial charge in [-0.25, -0.2) is 0 Å². The fourth-order valence-electron chi connectivity index (χ4n) is 0.805. The first-order valence-corrected chi connectivity index (χ1v) is 4.84. The predicted molar refractivity (Wildman–Crippen MR) is 50.4 cm³/mol. The molecule has 0 heterocycles. The van der Waals surface area contributed by atoms with Crippen molar-refractivity contribution in [2.75, 3.05) is 25.4 Å². The van der Waals surface area contributed by atoms with Gasteiger partial charge in [0.2, 0.25) is 0 Å². The Bertz CT molecular complexity index is 79.3. The maximum absolute atomic E-state index is 3.65. The summed E-state index contributed by atoms with van der Waals surface area (Å²) in [4.78, 5) is 2.41. The molecule has 0 amide bonds. The minimum atomic E-state index is 1.16. The van der Waals surface area contributed by atoms with Crippen LogP contribution in [0.2, 0.25) is 0 Å². The van der Waals surface area contributed by atoms with Crippen molar-refractivity contribution in [3.63, 3.8) is 0 Å². The Morgan fingerprint density at radius 2 is 2.00 bits per heavy atom. The molecule has 0 radical (unpaired) electrons. The number of rotatable bonds is 6. The number of nitrogens with zero attached hydrogens (tertiary/aromatic N) is 1. The van der Waals surface area contributed by atoms with Gasteiger partial charge in [0.05, 0.1) is 0 Å². The molecule has 0 aromatic rings. The van der Waals surface area contributed by atoms with Crippen LogP contribution in [0.15, 0.2) is 12.0 Å². The molecule has 0 N–H and O–H groups in total. The molecule has 0 rings (SSSR count). The highest BCUT2D eigenvalue weighted by Gasteiger charge is 1.95. The van der Waals surface area contributed by atoms with Crippen LogP contribution >= 0.6 is 11.8 Å². The van der Waals surface area contributed by atoms with E-state index in [1.807, 2.05) is 5.41 Å². The van der Waals surface area contributed by atoms with Gasteiger partial charge in [0, 0.05) is 12.3 Å². The molecule has 0 spiro atoms. The van der Waals surface area contributed by atoms with Crippen molar-refractivity contribution in [3.8, 4) is 0 Å². The van der Waals surface area contributed by atoms with Gasteiger partial charge in [0.15, 0.2) is 0 Å². The summed E-state index contributed by atoms with van der Waals surface area (Å²) in [6, 6.07) is 0. The summed E-state index contributed by atoms with van der Waals surface area (Å²) in [7, 11) is 0. The monoisotopic (exact) mass is 159 g/mol. The zero-order valence-electron chi connectivity index (χ0n) is 6.97. The molecule has 0 aromatic heterocycles. The van der Waals surface area contributed by atoms with Gasteiger partial charge in [-0.15, -0.1) is 11.8 Å². The Morgan fingerprint density at radius 1 is 1.40 bits per heavy atom. The topological polar surface area (TPSA) is 3.24 Å². The van der Waals surface area contributed by atoms with E-state index in [0.29, 0.717) is 0 Å². The lowest BCUT2D eigenvalue weighted by Gasteiger charge is -2.16. The maximum Gasteiger partial charge on any atom is 0.0102 e. The van der Waals surface area contributed by atoms with Crippen molar-refractivity contribution in [2.45, 2.75) is 13.8 Å². The Kier molecular flexibility index (Phi) is 7.20. The predicted octanol–water partition coefficient (Wildman–Crippen LogP) is 2.20. The lowest BCUT2D eigenvalue weighted by Crippen LogP contribution is -2.25. The van der Waals surface area contributed by atoms with E-state index in [2.05, 4.69) is 25.3 Å². The smallest absolute Gasteiger partial charge is 0.0102 e. The van der Waals surface area contributed by atoms with Crippen LogP contribution in [0.5, 0.6) is 0 Å². The molecule has 0 aromatic carbocycles. The first-order valence-electron chi connectivity index (χ1n) is 3.80. The fraction of sp³-hybridized carbons (Fsp3) is 0.750. The highest BCUT2D eigenvalue weighted by Crippen LogP contribution is 2.00. The molecule has 0 aliphatic carbocycles. The normalized spacial score (nSPS) is 10.3. The summed E-state index contributed by atoms with van der Waals surface area (Å²) in [5.41, 5.74) is 0. The van der Waals surface area contributed by atoms with Crippen LogP contribution in [-0.2, 0) is 0 Å². The zero-order valence-corrected chi connectivity index (χ0v) is 7.78. The van der Waals surface area contributed by atoms with Crippen LogP contribution in [0.1, 0.15) is 13.8 Å². The molecule has 0 saturated carbocycles. The standard InChI is InChI=1S/C8H17NS/c1-4-9(5-2)7-8-10-6-3/h6H,3-5,7-8H2,1-2H3. The van der Waals surface area contributed by atoms with E-state index in [-0.39, 0.29) is 0 Å². The van der Waals surface area contributed by atoms with E-state index in [1.54, 1.807) is 11.8 Å². The molecule has 0 unspecified atom stereocenters. The lowest BCUT2D eigenvalue weighted by atomic mass is 10.5. The van der Waals surface area contributed by atoms with Crippen LogP contribution in [0, 0.1) is 0 Å². The first kappa shape index (κ1) is 10.0. The van der Waals surface area contributed by atoms with Crippen molar-refractivity contribution in [2.24, 2.45) is 0 Å². The molecular formula is C8H17NS. The second-order valence-corrected chi connectivity index (χ2v) is 3.14. The van der Waals surface area contributed by atoms with Crippen LogP contribution in [-0.4, -0.2) is 30.3 Å². The summed E-state index contributed by atoms with van der Waals surface area (Å²) < 4.78 is 0. The third-order valence-electron chi connectivity index (χ3n) is 1.54. The molecule has 10 heavy (non-hydrogen) atoms. The molecule has 0 atom stereocenters. The molecule has 60 valence electrons. The van der Waals surface area contributed by atoms with Crippen molar-refractivity contribution < 1.29 is 0 Å². The number of hydrogen-bond donors (Lipinski definition) is 0. The largest absolute Gasteiger partial charge is 0.303 e. The lowest BCUT2D eigenvalue weighted by molar-refractivity contribution is 0.324. The maximum atomic E-state index is 3.65. The van der Waals surface area contributed by atoms with Crippen LogP contribution in [0.4, 0.5) is 0 Å². The summed E-state index contributed by atoms with van der Waals surface area (Å²) >= 11 is 1.79. The van der Waals surface area contributed by atoms with E-state index in [9.17, 15) is 0 Å². The average Bonchev–Trinajstić information content (AvgIpc) is 1.99. The first-order chi connectivity index (χ1) is 4.85. The Balaban J connectivity index is 3.16. The Morgan fingerprint density at radius 3 is 2.40 bits per heavy atom. The average molecular weight is 159 g/mol. The zero-order chi connectivity index (χ0) is 7.82. The highest BCUT2D eigenvalue weighted by atomic mass is 32.2. The Labute approximate surface area is 68.5 Å². The van der Waals surface area contributed by atoms with Gasteiger partial charge in [-0.05, 0) is 18.5 Å². The summed E-state index contributed by atoms with van der Waals surface area (Å²) in [5, 5.41) is 1.91. The molecule has 1 nitrogen and oxygen atoms in total. The van der Waals surface area contributed by atoms with E-state index >= 15 is 0 Å². The molecular weight excluding hydrogens is 142 g/mol. The molecule has 0 saturated heterocycles. The van der Waals surface area contributed by atoms with Gasteiger partial charge in [-0.3, -0.25) is 0 Å². The molecule has 0 bridgehead atoms. The third kappa shape index (κ3) is 4.89. The van der Waals surface area contributed by atoms with Gasteiger partial charge in [-0.2, -0.15) is 0 Å². The number of hydrogen-bond acceptors (Lipinski definition) is 2. The van der Waals surface area contributed by atoms with Crippen molar-refractivity contribution in [3.05, 3.63) is 12.0 Å². The molecule has 0 aliphatic heterocycles. The fourth-order valence-corrected chi connectivity index (χ4v) is 1.34. The molecule has 0 aliphatic rings. The van der Waals surface area contributed by atoms with Crippen LogP contribution < -0.4 is 0 Å². The minimum Gasteiger partial charge on any atom is -0.303 e. The Hall–Kier alpha value is 0.0500.